The quantitative estimate of drug-likeness (QED) is 0.792. The first-order valence-electron chi connectivity index (χ1n) is 6.35. The van der Waals surface area contributed by atoms with Crippen molar-refractivity contribution in [2.24, 2.45) is 5.73 Å². The fraction of sp³-hybridized carbons (Fsp3) is 1.00. The Morgan fingerprint density at radius 1 is 1.31 bits per heavy atom. The van der Waals surface area contributed by atoms with E-state index < -0.39 is 5.92 Å². The maximum Gasteiger partial charge on any atom is 0.246 e. The number of likely N-dealkylation sites (tertiary alicyclic amines) is 1. The van der Waals surface area contributed by atoms with Crippen molar-refractivity contribution in [3.63, 3.8) is 0 Å². The zero-order valence-electron chi connectivity index (χ0n) is 10.2. The van der Waals surface area contributed by atoms with E-state index in [1.54, 1.807) is 0 Å². The smallest absolute Gasteiger partial charge is 0.246 e. The summed E-state index contributed by atoms with van der Waals surface area (Å²) < 4.78 is 25.7. The van der Waals surface area contributed by atoms with Crippen LogP contribution in [-0.2, 0) is 0 Å². The first-order chi connectivity index (χ1) is 7.53. The molecule has 2 N–H and O–H groups in total. The van der Waals surface area contributed by atoms with Crippen LogP contribution in [0.15, 0.2) is 0 Å². The van der Waals surface area contributed by atoms with E-state index in [0.717, 1.165) is 32.7 Å². The van der Waals surface area contributed by atoms with E-state index in [9.17, 15) is 8.78 Å². The zero-order valence-corrected chi connectivity index (χ0v) is 10.2. The molecule has 1 fully saturated rings. The van der Waals surface area contributed by atoms with Gasteiger partial charge < -0.3 is 10.6 Å². The molecule has 0 bridgehead atoms. The molecule has 96 valence electrons. The molecule has 0 aromatic rings. The summed E-state index contributed by atoms with van der Waals surface area (Å²) in [5, 5.41) is 0. The maximum atomic E-state index is 12.8. The van der Waals surface area contributed by atoms with Crippen LogP contribution in [0, 0.1) is 0 Å². The number of rotatable bonds is 5. The summed E-state index contributed by atoms with van der Waals surface area (Å²) in [6.45, 7) is 3.13. The Bertz CT molecular complexity index is 192. The zero-order chi connectivity index (χ0) is 12.0. The summed E-state index contributed by atoms with van der Waals surface area (Å²) in [4.78, 5) is 2.22. The lowest BCUT2D eigenvalue weighted by molar-refractivity contribution is -0.000994. The molecular weight excluding hydrogens is 210 g/mol. The van der Waals surface area contributed by atoms with Gasteiger partial charge in [0.15, 0.2) is 0 Å². The van der Waals surface area contributed by atoms with Crippen LogP contribution in [0.25, 0.3) is 0 Å². The number of alkyl halides is 2. The summed E-state index contributed by atoms with van der Waals surface area (Å²) in [7, 11) is 0. The first-order valence-corrected chi connectivity index (χ1v) is 6.35. The second kappa shape index (κ2) is 6.50. The molecule has 0 aromatic carbocycles. The molecule has 4 heteroatoms. The van der Waals surface area contributed by atoms with Gasteiger partial charge in [-0.15, -0.1) is 0 Å². The van der Waals surface area contributed by atoms with Gasteiger partial charge in [0.05, 0.1) is 0 Å². The normalized spacial score (nSPS) is 24.4. The third-order valence-electron chi connectivity index (χ3n) is 3.34. The Balaban J connectivity index is 2.44. The molecule has 0 spiro atoms. The molecule has 1 heterocycles. The maximum absolute atomic E-state index is 12.8. The Morgan fingerprint density at radius 3 is 2.69 bits per heavy atom. The minimum atomic E-state index is -2.54. The van der Waals surface area contributed by atoms with Crippen LogP contribution in [0.4, 0.5) is 8.78 Å². The Morgan fingerprint density at radius 2 is 2.06 bits per heavy atom. The lowest BCUT2D eigenvalue weighted by Crippen LogP contribution is -2.38. The molecule has 2 nitrogen and oxygen atoms in total. The van der Waals surface area contributed by atoms with E-state index in [1.807, 2.05) is 0 Å². The van der Waals surface area contributed by atoms with Gasteiger partial charge in [-0.1, -0.05) is 12.8 Å². The van der Waals surface area contributed by atoms with E-state index >= 15 is 0 Å². The van der Waals surface area contributed by atoms with Crippen molar-refractivity contribution in [3.8, 4) is 0 Å². The van der Waals surface area contributed by atoms with E-state index in [2.05, 4.69) is 4.90 Å². The summed E-state index contributed by atoms with van der Waals surface area (Å²) >= 11 is 0. The van der Waals surface area contributed by atoms with Crippen molar-refractivity contribution in [1.82, 2.24) is 4.90 Å². The number of hydrogen-bond donors (Lipinski definition) is 1. The fourth-order valence-corrected chi connectivity index (χ4v) is 2.39. The molecule has 16 heavy (non-hydrogen) atoms. The van der Waals surface area contributed by atoms with Gasteiger partial charge in [0.1, 0.15) is 0 Å². The molecular formula is C12H24F2N2. The molecule has 1 aliphatic heterocycles. The van der Waals surface area contributed by atoms with Crippen molar-refractivity contribution in [1.29, 1.82) is 0 Å². The summed E-state index contributed by atoms with van der Waals surface area (Å²) in [6.07, 6.45) is 5.59. The molecule has 1 aliphatic rings. The van der Waals surface area contributed by atoms with Crippen molar-refractivity contribution < 1.29 is 8.78 Å². The van der Waals surface area contributed by atoms with Crippen molar-refractivity contribution in [2.45, 2.75) is 57.4 Å². The molecule has 0 aliphatic carbocycles. The molecule has 1 saturated heterocycles. The van der Waals surface area contributed by atoms with Crippen LogP contribution in [0.5, 0.6) is 0 Å². The van der Waals surface area contributed by atoms with Crippen molar-refractivity contribution >= 4 is 0 Å². The Kier molecular flexibility index (Phi) is 5.62. The van der Waals surface area contributed by atoms with Crippen LogP contribution in [0.1, 0.15) is 45.4 Å². The largest absolute Gasteiger partial charge is 0.330 e. The van der Waals surface area contributed by atoms with Crippen LogP contribution in [0.2, 0.25) is 0 Å². The van der Waals surface area contributed by atoms with Gasteiger partial charge in [0.25, 0.3) is 0 Å². The van der Waals surface area contributed by atoms with Crippen LogP contribution in [-0.4, -0.2) is 36.5 Å². The highest BCUT2D eigenvalue weighted by Gasteiger charge is 2.25. The molecule has 0 radical (unpaired) electrons. The number of hydrogen-bond acceptors (Lipinski definition) is 2. The number of nitrogens with zero attached hydrogens (tertiary/aromatic N) is 1. The van der Waals surface area contributed by atoms with Gasteiger partial charge in [-0.3, -0.25) is 0 Å². The Hall–Kier alpha value is -0.220. The van der Waals surface area contributed by atoms with Gasteiger partial charge in [0, 0.05) is 19.0 Å². The highest BCUT2D eigenvalue weighted by Crippen LogP contribution is 2.22. The molecule has 1 rings (SSSR count). The molecule has 0 saturated carbocycles. The third kappa shape index (κ3) is 5.21. The SMILES string of the molecule is CC(F)(F)CCN1CCCCCC1CCN. The summed E-state index contributed by atoms with van der Waals surface area (Å²) in [6, 6.07) is 0.426. The van der Waals surface area contributed by atoms with E-state index in [1.165, 1.54) is 12.8 Å². The average molecular weight is 234 g/mol. The molecule has 0 amide bonds. The van der Waals surface area contributed by atoms with Crippen molar-refractivity contribution in [3.05, 3.63) is 0 Å². The molecule has 1 atom stereocenters. The third-order valence-corrected chi connectivity index (χ3v) is 3.34. The standard InChI is InChI=1S/C12H24F2N2/c1-12(13,14)7-10-16-9-4-2-3-5-11(16)6-8-15/h11H,2-10,15H2,1H3. The Labute approximate surface area is 97.2 Å². The lowest BCUT2D eigenvalue weighted by atomic mass is 10.1. The minimum absolute atomic E-state index is 0.0337. The van der Waals surface area contributed by atoms with E-state index in [0.29, 0.717) is 19.1 Å². The summed E-state index contributed by atoms with van der Waals surface area (Å²) in [5.74, 6) is -2.54. The van der Waals surface area contributed by atoms with Gasteiger partial charge >= 0.3 is 0 Å². The van der Waals surface area contributed by atoms with Gasteiger partial charge in [-0.05, 0) is 39.3 Å². The number of nitrogens with two attached hydrogens (primary N) is 1. The summed E-state index contributed by atoms with van der Waals surface area (Å²) in [5.41, 5.74) is 5.58. The molecule has 0 aromatic heterocycles. The second-order valence-electron chi connectivity index (χ2n) is 4.94. The predicted molar refractivity (Wildman–Crippen MR) is 62.7 cm³/mol. The number of halogens is 2. The average Bonchev–Trinajstić information content (AvgIpc) is 2.40. The van der Waals surface area contributed by atoms with E-state index in [-0.39, 0.29) is 6.42 Å². The molecule has 1 unspecified atom stereocenters. The van der Waals surface area contributed by atoms with Gasteiger partial charge in [-0.2, -0.15) is 0 Å². The highest BCUT2D eigenvalue weighted by atomic mass is 19.3. The van der Waals surface area contributed by atoms with Gasteiger partial charge in [-0.25, -0.2) is 8.78 Å². The highest BCUT2D eigenvalue weighted by molar-refractivity contribution is 4.77. The lowest BCUT2D eigenvalue weighted by Gasteiger charge is -2.30. The monoisotopic (exact) mass is 234 g/mol. The van der Waals surface area contributed by atoms with Crippen LogP contribution in [0.3, 0.4) is 0 Å². The van der Waals surface area contributed by atoms with Crippen molar-refractivity contribution in [2.75, 3.05) is 19.6 Å². The fourth-order valence-electron chi connectivity index (χ4n) is 2.39. The first kappa shape index (κ1) is 13.8. The van der Waals surface area contributed by atoms with Crippen LogP contribution >= 0.6 is 0 Å². The van der Waals surface area contributed by atoms with Gasteiger partial charge in [0.2, 0.25) is 5.92 Å². The minimum Gasteiger partial charge on any atom is -0.330 e. The topological polar surface area (TPSA) is 29.3 Å². The van der Waals surface area contributed by atoms with E-state index in [4.69, 9.17) is 5.73 Å². The second-order valence-corrected chi connectivity index (χ2v) is 4.94. The van der Waals surface area contributed by atoms with Crippen LogP contribution < -0.4 is 5.73 Å². The predicted octanol–water partition coefficient (Wildman–Crippen LogP) is 2.63.